The monoisotopic (exact) mass is 878 g/mol. The Hall–Kier alpha value is -8.98. The summed E-state index contributed by atoms with van der Waals surface area (Å²) in [4.78, 5) is 4.96. The molecule has 1 spiro atoms. The number of hydrogen-bond donors (Lipinski definition) is 0. The van der Waals surface area contributed by atoms with Crippen LogP contribution in [0, 0.1) is 0 Å². The van der Waals surface area contributed by atoms with E-state index in [4.69, 9.17) is 0 Å². The van der Waals surface area contributed by atoms with Gasteiger partial charge in [0, 0.05) is 22.5 Å². The minimum absolute atomic E-state index is 0.592. The van der Waals surface area contributed by atoms with Gasteiger partial charge >= 0.3 is 0 Å². The molecule has 0 N–H and O–H groups in total. The van der Waals surface area contributed by atoms with Crippen LogP contribution in [0.5, 0.6) is 0 Å². The van der Waals surface area contributed by atoms with Gasteiger partial charge in [-0.25, -0.2) is 0 Å². The third kappa shape index (κ3) is 6.56. The van der Waals surface area contributed by atoms with Crippen molar-refractivity contribution >= 4 is 34.1 Å². The molecule has 11 aromatic carbocycles. The van der Waals surface area contributed by atoms with Gasteiger partial charge in [-0.05, 0) is 121 Å². The van der Waals surface area contributed by atoms with E-state index < -0.39 is 5.41 Å². The zero-order chi connectivity index (χ0) is 45.7. The van der Waals surface area contributed by atoms with Gasteiger partial charge in [-0.1, -0.05) is 224 Å². The SMILES string of the molecule is c1ccc(-c2ccc(-c3ccc(N(c4ccccc4-c4cccc(-c5ccccc5)c4)c4cccc5c4-c4ccccc4C54c5ccccc5N(c5ccccc5)c5ccccc54)cc3)cc2)cc1. The van der Waals surface area contributed by atoms with Gasteiger partial charge in [0.1, 0.15) is 0 Å². The Morgan fingerprint density at radius 1 is 0.275 bits per heavy atom. The summed E-state index contributed by atoms with van der Waals surface area (Å²) in [5.41, 5.74) is 23.3. The fraction of sp³-hybridized carbons (Fsp3) is 0.0149. The Bertz CT molecular complexity index is 3610. The number of hydrogen-bond acceptors (Lipinski definition) is 2. The van der Waals surface area contributed by atoms with Crippen LogP contribution < -0.4 is 9.80 Å². The Kier molecular flexibility index (Phi) is 9.77. The summed E-state index contributed by atoms with van der Waals surface area (Å²) >= 11 is 0. The smallest absolute Gasteiger partial charge is 0.0755 e. The Balaban J connectivity index is 1.04. The molecule has 0 saturated heterocycles. The molecule has 2 aliphatic rings. The molecule has 1 heterocycles. The van der Waals surface area contributed by atoms with E-state index >= 15 is 0 Å². The van der Waals surface area contributed by atoms with Gasteiger partial charge in [0.25, 0.3) is 0 Å². The lowest BCUT2D eigenvalue weighted by Crippen LogP contribution is -2.36. The topological polar surface area (TPSA) is 6.48 Å². The standard InChI is InChI=1S/C67H46N2/c1-4-20-47(21-5-1)49-38-40-50(41-39-49)51-42-44-55(45-43-51)68(62-34-15-11-28-56(62)53-25-18-24-52(46-53)48-22-6-2-7-23-48)65-37-19-33-61-66(65)57-29-10-12-30-58(57)67(61)59-31-13-16-35-63(59)69(54-26-8-3-9-27-54)64-36-17-14-32-60(64)67/h1-46H. The second kappa shape index (κ2) is 16.7. The van der Waals surface area contributed by atoms with E-state index in [1.165, 1.54) is 78.1 Å². The number of fused-ring (bicyclic) bond motifs is 9. The quantitative estimate of drug-likeness (QED) is 0.150. The van der Waals surface area contributed by atoms with Crippen LogP contribution in [0.15, 0.2) is 279 Å². The highest BCUT2D eigenvalue weighted by Crippen LogP contribution is 2.65. The van der Waals surface area contributed by atoms with Gasteiger partial charge in [-0.3, -0.25) is 0 Å². The highest BCUT2D eigenvalue weighted by Gasteiger charge is 2.52. The third-order valence-electron chi connectivity index (χ3n) is 14.3. The van der Waals surface area contributed by atoms with Crippen LogP contribution in [-0.2, 0) is 5.41 Å². The zero-order valence-corrected chi connectivity index (χ0v) is 38.0. The fourth-order valence-electron chi connectivity index (χ4n) is 11.3. The van der Waals surface area contributed by atoms with Gasteiger partial charge in [0.15, 0.2) is 0 Å². The van der Waals surface area contributed by atoms with Crippen molar-refractivity contribution in [2.45, 2.75) is 5.41 Å². The van der Waals surface area contributed by atoms with Crippen LogP contribution >= 0.6 is 0 Å². The lowest BCUT2D eigenvalue weighted by Gasteiger charge is -2.45. The summed E-state index contributed by atoms with van der Waals surface area (Å²) in [6.07, 6.45) is 0. The number of nitrogens with zero attached hydrogens (tertiary/aromatic N) is 2. The average molecular weight is 879 g/mol. The largest absolute Gasteiger partial charge is 0.310 e. The van der Waals surface area contributed by atoms with Crippen LogP contribution in [0.3, 0.4) is 0 Å². The Morgan fingerprint density at radius 3 is 1.33 bits per heavy atom. The highest BCUT2D eigenvalue weighted by atomic mass is 15.2. The molecule has 0 amide bonds. The first-order valence-electron chi connectivity index (χ1n) is 23.8. The van der Waals surface area contributed by atoms with E-state index in [-0.39, 0.29) is 0 Å². The maximum atomic E-state index is 2.51. The lowest BCUT2D eigenvalue weighted by atomic mass is 9.64. The van der Waals surface area contributed by atoms with Gasteiger partial charge < -0.3 is 9.80 Å². The third-order valence-corrected chi connectivity index (χ3v) is 14.3. The molecule has 0 unspecified atom stereocenters. The second-order valence-electron chi connectivity index (χ2n) is 18.0. The molecule has 0 bridgehead atoms. The molecule has 69 heavy (non-hydrogen) atoms. The fourth-order valence-corrected chi connectivity index (χ4v) is 11.3. The summed E-state index contributed by atoms with van der Waals surface area (Å²) in [5, 5.41) is 0. The normalized spacial score (nSPS) is 12.7. The molecule has 0 fully saturated rings. The molecule has 13 rings (SSSR count). The molecule has 0 atom stereocenters. The number of anilines is 6. The van der Waals surface area contributed by atoms with E-state index in [0.717, 1.165) is 33.9 Å². The second-order valence-corrected chi connectivity index (χ2v) is 18.0. The van der Waals surface area contributed by atoms with Crippen molar-refractivity contribution in [3.63, 3.8) is 0 Å². The van der Waals surface area contributed by atoms with Crippen LogP contribution in [0.1, 0.15) is 22.3 Å². The predicted octanol–water partition coefficient (Wildman–Crippen LogP) is 18.0. The molecule has 324 valence electrons. The summed E-state index contributed by atoms with van der Waals surface area (Å²) in [6.45, 7) is 0. The Morgan fingerprint density at radius 2 is 0.696 bits per heavy atom. The lowest BCUT2D eigenvalue weighted by molar-refractivity contribution is 0.752. The van der Waals surface area contributed by atoms with Crippen molar-refractivity contribution in [3.8, 4) is 55.6 Å². The molecule has 0 radical (unpaired) electrons. The first kappa shape index (κ1) is 40.3. The molecular weight excluding hydrogens is 833 g/mol. The Labute approximate surface area is 404 Å². The van der Waals surface area contributed by atoms with Gasteiger partial charge in [0.2, 0.25) is 0 Å². The van der Waals surface area contributed by atoms with Gasteiger partial charge in [0.05, 0.1) is 28.2 Å². The summed E-state index contributed by atoms with van der Waals surface area (Å²) in [7, 11) is 0. The number of para-hydroxylation sites is 4. The molecule has 0 saturated carbocycles. The van der Waals surface area contributed by atoms with E-state index in [2.05, 4.69) is 289 Å². The summed E-state index contributed by atoms with van der Waals surface area (Å²) < 4.78 is 0. The van der Waals surface area contributed by atoms with Crippen molar-refractivity contribution in [1.82, 2.24) is 0 Å². The average Bonchev–Trinajstić information content (AvgIpc) is 3.73. The summed E-state index contributed by atoms with van der Waals surface area (Å²) in [5.74, 6) is 0. The van der Waals surface area contributed by atoms with Crippen LogP contribution in [0.4, 0.5) is 34.1 Å². The van der Waals surface area contributed by atoms with E-state index in [1.54, 1.807) is 0 Å². The molecule has 1 aliphatic heterocycles. The van der Waals surface area contributed by atoms with Gasteiger partial charge in [-0.2, -0.15) is 0 Å². The maximum Gasteiger partial charge on any atom is 0.0755 e. The van der Waals surface area contributed by atoms with Crippen molar-refractivity contribution in [3.05, 3.63) is 301 Å². The van der Waals surface area contributed by atoms with E-state index in [0.29, 0.717) is 0 Å². The van der Waals surface area contributed by atoms with Crippen LogP contribution in [0.25, 0.3) is 55.6 Å². The van der Waals surface area contributed by atoms with Crippen molar-refractivity contribution in [2.24, 2.45) is 0 Å². The molecule has 0 aromatic heterocycles. The maximum absolute atomic E-state index is 2.51. The zero-order valence-electron chi connectivity index (χ0n) is 38.0. The minimum Gasteiger partial charge on any atom is -0.310 e. The number of rotatable bonds is 8. The van der Waals surface area contributed by atoms with Crippen molar-refractivity contribution in [1.29, 1.82) is 0 Å². The first-order valence-corrected chi connectivity index (χ1v) is 23.8. The highest BCUT2D eigenvalue weighted by molar-refractivity contribution is 6.02. The minimum atomic E-state index is -0.592. The van der Waals surface area contributed by atoms with Crippen LogP contribution in [0.2, 0.25) is 0 Å². The van der Waals surface area contributed by atoms with E-state index in [1.807, 2.05) is 0 Å². The molecule has 2 nitrogen and oxygen atoms in total. The molecular formula is C67H46N2. The molecule has 2 heteroatoms. The number of benzene rings is 11. The van der Waals surface area contributed by atoms with Gasteiger partial charge in [-0.15, -0.1) is 0 Å². The molecule has 11 aromatic rings. The predicted molar refractivity (Wildman–Crippen MR) is 288 cm³/mol. The van der Waals surface area contributed by atoms with Crippen molar-refractivity contribution < 1.29 is 0 Å². The van der Waals surface area contributed by atoms with E-state index in [9.17, 15) is 0 Å². The first-order chi connectivity index (χ1) is 34.3. The van der Waals surface area contributed by atoms with Crippen molar-refractivity contribution in [2.75, 3.05) is 9.80 Å². The van der Waals surface area contributed by atoms with Crippen LogP contribution in [-0.4, -0.2) is 0 Å². The summed E-state index contributed by atoms with van der Waals surface area (Å²) in [6, 6.07) is 102. The molecule has 1 aliphatic carbocycles.